The molecule has 1 amide bonds. The molecule has 3 nitrogen and oxygen atoms in total. The number of pyridine rings is 1. The number of amides is 1. The fourth-order valence-electron chi connectivity index (χ4n) is 2.35. The number of likely N-dealkylation sites (tertiary alicyclic amines) is 1. The molecule has 2 heterocycles. The zero-order valence-electron chi connectivity index (χ0n) is 10.0. The summed E-state index contributed by atoms with van der Waals surface area (Å²) in [5, 5.41) is 0.499. The molecule has 0 radical (unpaired) electrons. The maximum Gasteiger partial charge on any atom is 0.223 e. The number of carbonyl (C=O) groups excluding carboxylic acids is 1. The standard InChI is InChI=1S/C13H17ClN2O/c1-2-4-10-7-12(17)16(8-10)9-11-5-3-6-15-13(11)14/h3,5-6,10H,2,4,7-9H2,1H3. The average molecular weight is 253 g/mol. The third kappa shape index (κ3) is 2.97. The smallest absolute Gasteiger partial charge is 0.223 e. The van der Waals surface area contributed by atoms with Crippen LogP contribution in [0.25, 0.3) is 0 Å². The average Bonchev–Trinajstić information content (AvgIpc) is 2.63. The number of hydrogen-bond acceptors (Lipinski definition) is 2. The van der Waals surface area contributed by atoms with Gasteiger partial charge < -0.3 is 4.90 Å². The molecule has 0 aliphatic carbocycles. The van der Waals surface area contributed by atoms with Gasteiger partial charge in [0, 0.05) is 31.3 Å². The Hall–Kier alpha value is -1.09. The van der Waals surface area contributed by atoms with Crippen molar-refractivity contribution in [3.63, 3.8) is 0 Å². The fourth-order valence-corrected chi connectivity index (χ4v) is 2.53. The maximum absolute atomic E-state index is 11.8. The van der Waals surface area contributed by atoms with Gasteiger partial charge in [-0.2, -0.15) is 0 Å². The zero-order chi connectivity index (χ0) is 12.3. The Kier molecular flexibility index (Phi) is 4.00. The lowest BCUT2D eigenvalue weighted by molar-refractivity contribution is -0.128. The van der Waals surface area contributed by atoms with E-state index >= 15 is 0 Å². The van der Waals surface area contributed by atoms with E-state index in [0.717, 1.165) is 24.9 Å². The minimum Gasteiger partial charge on any atom is -0.338 e. The van der Waals surface area contributed by atoms with Crippen molar-refractivity contribution in [3.8, 4) is 0 Å². The van der Waals surface area contributed by atoms with E-state index in [0.29, 0.717) is 24.0 Å². The van der Waals surface area contributed by atoms with Crippen LogP contribution in [0, 0.1) is 5.92 Å². The van der Waals surface area contributed by atoms with E-state index in [1.807, 2.05) is 17.0 Å². The molecule has 1 unspecified atom stereocenters. The molecule has 0 N–H and O–H groups in total. The van der Waals surface area contributed by atoms with Crippen molar-refractivity contribution in [1.29, 1.82) is 0 Å². The van der Waals surface area contributed by atoms with Gasteiger partial charge in [-0.3, -0.25) is 4.79 Å². The summed E-state index contributed by atoms with van der Waals surface area (Å²) < 4.78 is 0. The van der Waals surface area contributed by atoms with Crippen molar-refractivity contribution in [3.05, 3.63) is 29.0 Å². The topological polar surface area (TPSA) is 33.2 Å². The molecule has 17 heavy (non-hydrogen) atoms. The van der Waals surface area contributed by atoms with E-state index in [9.17, 15) is 4.79 Å². The van der Waals surface area contributed by atoms with Crippen molar-refractivity contribution in [2.45, 2.75) is 32.7 Å². The van der Waals surface area contributed by atoms with Crippen LogP contribution in [0.5, 0.6) is 0 Å². The molecule has 4 heteroatoms. The summed E-state index contributed by atoms with van der Waals surface area (Å²) in [6, 6.07) is 3.78. The Morgan fingerprint density at radius 1 is 1.59 bits per heavy atom. The second-order valence-corrected chi connectivity index (χ2v) is 4.94. The molecular formula is C13H17ClN2O. The molecule has 2 rings (SSSR count). The summed E-state index contributed by atoms with van der Waals surface area (Å²) in [6.07, 6.45) is 4.62. The van der Waals surface area contributed by atoms with Crippen molar-refractivity contribution in [2.24, 2.45) is 5.92 Å². The molecule has 1 aromatic rings. The van der Waals surface area contributed by atoms with Gasteiger partial charge in [-0.05, 0) is 18.4 Å². The van der Waals surface area contributed by atoms with E-state index in [2.05, 4.69) is 11.9 Å². The van der Waals surface area contributed by atoms with E-state index in [-0.39, 0.29) is 5.91 Å². The van der Waals surface area contributed by atoms with Gasteiger partial charge in [0.2, 0.25) is 5.91 Å². The van der Waals surface area contributed by atoms with Gasteiger partial charge in [-0.25, -0.2) is 4.98 Å². The molecular weight excluding hydrogens is 236 g/mol. The van der Waals surface area contributed by atoms with Gasteiger partial charge in [0.05, 0.1) is 0 Å². The van der Waals surface area contributed by atoms with Crippen LogP contribution < -0.4 is 0 Å². The summed E-state index contributed by atoms with van der Waals surface area (Å²) in [7, 11) is 0. The Balaban J connectivity index is 2.00. The SMILES string of the molecule is CCCC1CC(=O)N(Cc2cccnc2Cl)C1. The maximum atomic E-state index is 11.8. The normalized spacial score (nSPS) is 20.0. The lowest BCUT2D eigenvalue weighted by atomic mass is 10.0. The number of halogens is 1. The van der Waals surface area contributed by atoms with Crippen LogP contribution >= 0.6 is 11.6 Å². The van der Waals surface area contributed by atoms with E-state index in [1.165, 1.54) is 0 Å². The van der Waals surface area contributed by atoms with Gasteiger partial charge in [0.15, 0.2) is 0 Å². The molecule has 1 aliphatic rings. The number of nitrogens with zero attached hydrogens (tertiary/aromatic N) is 2. The number of carbonyl (C=O) groups is 1. The Morgan fingerprint density at radius 2 is 2.41 bits per heavy atom. The Bertz CT molecular complexity index is 408. The first kappa shape index (κ1) is 12.4. The highest BCUT2D eigenvalue weighted by molar-refractivity contribution is 6.30. The van der Waals surface area contributed by atoms with Crippen LogP contribution in [0.4, 0.5) is 0 Å². The molecule has 1 atom stereocenters. The summed E-state index contributed by atoms with van der Waals surface area (Å²) in [6.45, 7) is 3.61. The van der Waals surface area contributed by atoms with Gasteiger partial charge in [0.25, 0.3) is 0 Å². The first-order valence-electron chi connectivity index (χ1n) is 6.08. The minimum absolute atomic E-state index is 0.239. The van der Waals surface area contributed by atoms with Crippen LogP contribution in [0.1, 0.15) is 31.7 Å². The van der Waals surface area contributed by atoms with Crippen LogP contribution in [0.2, 0.25) is 5.15 Å². The predicted molar refractivity (Wildman–Crippen MR) is 67.7 cm³/mol. The number of rotatable bonds is 4. The molecule has 0 aromatic carbocycles. The summed E-state index contributed by atoms with van der Waals surface area (Å²) in [4.78, 5) is 17.8. The summed E-state index contributed by atoms with van der Waals surface area (Å²) in [5.74, 6) is 0.756. The van der Waals surface area contributed by atoms with Crippen LogP contribution in [-0.2, 0) is 11.3 Å². The first-order valence-corrected chi connectivity index (χ1v) is 6.45. The monoisotopic (exact) mass is 252 g/mol. The van der Waals surface area contributed by atoms with Gasteiger partial charge in [-0.1, -0.05) is 31.0 Å². The van der Waals surface area contributed by atoms with Crippen molar-refractivity contribution in [2.75, 3.05) is 6.54 Å². The van der Waals surface area contributed by atoms with Crippen molar-refractivity contribution >= 4 is 17.5 Å². The highest BCUT2D eigenvalue weighted by Crippen LogP contribution is 2.25. The number of aromatic nitrogens is 1. The second kappa shape index (κ2) is 5.50. The highest BCUT2D eigenvalue weighted by Gasteiger charge is 2.29. The minimum atomic E-state index is 0.239. The largest absolute Gasteiger partial charge is 0.338 e. The molecule has 0 spiro atoms. The number of hydrogen-bond donors (Lipinski definition) is 0. The van der Waals surface area contributed by atoms with E-state index in [1.54, 1.807) is 6.20 Å². The second-order valence-electron chi connectivity index (χ2n) is 4.59. The van der Waals surface area contributed by atoms with Crippen LogP contribution in [0.15, 0.2) is 18.3 Å². The highest BCUT2D eigenvalue weighted by atomic mass is 35.5. The van der Waals surface area contributed by atoms with E-state index in [4.69, 9.17) is 11.6 Å². The molecule has 0 bridgehead atoms. The molecule has 1 saturated heterocycles. The van der Waals surface area contributed by atoms with E-state index < -0.39 is 0 Å². The lowest BCUT2D eigenvalue weighted by Gasteiger charge is -2.17. The molecule has 92 valence electrons. The molecule has 1 fully saturated rings. The Morgan fingerprint density at radius 3 is 3.12 bits per heavy atom. The fraction of sp³-hybridized carbons (Fsp3) is 0.538. The predicted octanol–water partition coefficient (Wildman–Crippen LogP) is 2.88. The van der Waals surface area contributed by atoms with Gasteiger partial charge >= 0.3 is 0 Å². The van der Waals surface area contributed by atoms with Gasteiger partial charge in [0.1, 0.15) is 5.15 Å². The summed E-state index contributed by atoms with van der Waals surface area (Å²) >= 11 is 6.00. The van der Waals surface area contributed by atoms with Gasteiger partial charge in [-0.15, -0.1) is 0 Å². The first-order chi connectivity index (χ1) is 8.20. The third-order valence-corrected chi connectivity index (χ3v) is 3.53. The molecule has 1 aliphatic heterocycles. The Labute approximate surface area is 107 Å². The quantitative estimate of drug-likeness (QED) is 0.772. The van der Waals surface area contributed by atoms with Crippen LogP contribution in [-0.4, -0.2) is 22.3 Å². The third-order valence-electron chi connectivity index (χ3n) is 3.19. The van der Waals surface area contributed by atoms with Crippen molar-refractivity contribution in [1.82, 2.24) is 9.88 Å². The molecule has 1 aromatic heterocycles. The lowest BCUT2D eigenvalue weighted by Crippen LogP contribution is -2.24. The summed E-state index contributed by atoms with van der Waals surface area (Å²) in [5.41, 5.74) is 0.930. The van der Waals surface area contributed by atoms with Crippen molar-refractivity contribution < 1.29 is 4.79 Å². The zero-order valence-corrected chi connectivity index (χ0v) is 10.8. The van der Waals surface area contributed by atoms with Crippen LogP contribution in [0.3, 0.4) is 0 Å². The molecule has 0 saturated carbocycles.